The van der Waals surface area contributed by atoms with Crippen molar-refractivity contribution in [3.05, 3.63) is 70.7 Å². The van der Waals surface area contributed by atoms with Crippen molar-refractivity contribution in [3.8, 4) is 11.3 Å². The SMILES string of the molecule is Cc1nc(-c2ccccc2)ccc1C(=O)N1CCC[C@@H]1c1c(C)n[nH]c1C. The Labute approximate surface area is 159 Å². The zero-order valence-electron chi connectivity index (χ0n) is 16.0. The van der Waals surface area contributed by atoms with Crippen LogP contribution in [0.1, 0.15) is 51.9 Å². The second kappa shape index (κ2) is 6.99. The Morgan fingerprint density at radius 3 is 2.52 bits per heavy atom. The van der Waals surface area contributed by atoms with Crippen molar-refractivity contribution in [1.82, 2.24) is 20.1 Å². The fourth-order valence-corrected chi connectivity index (χ4v) is 4.07. The zero-order valence-corrected chi connectivity index (χ0v) is 16.0. The Morgan fingerprint density at radius 1 is 1.07 bits per heavy atom. The second-order valence-electron chi connectivity index (χ2n) is 7.20. The molecule has 0 unspecified atom stereocenters. The van der Waals surface area contributed by atoms with Crippen molar-refractivity contribution in [2.24, 2.45) is 0 Å². The monoisotopic (exact) mass is 360 g/mol. The van der Waals surface area contributed by atoms with E-state index in [-0.39, 0.29) is 11.9 Å². The number of nitrogens with zero attached hydrogens (tertiary/aromatic N) is 3. The molecule has 1 fully saturated rings. The molecule has 1 saturated heterocycles. The quantitative estimate of drug-likeness (QED) is 0.754. The van der Waals surface area contributed by atoms with Crippen LogP contribution in [0.5, 0.6) is 0 Å². The number of carbonyl (C=O) groups excluding carboxylic acids is 1. The number of likely N-dealkylation sites (tertiary alicyclic amines) is 1. The third-order valence-electron chi connectivity index (χ3n) is 5.42. The molecule has 3 heterocycles. The summed E-state index contributed by atoms with van der Waals surface area (Å²) in [6.07, 6.45) is 1.98. The number of aromatic amines is 1. The van der Waals surface area contributed by atoms with Crippen LogP contribution in [0.3, 0.4) is 0 Å². The number of H-pyrrole nitrogens is 1. The summed E-state index contributed by atoms with van der Waals surface area (Å²) in [7, 11) is 0. The van der Waals surface area contributed by atoms with E-state index in [2.05, 4.69) is 10.2 Å². The molecule has 4 rings (SSSR count). The van der Waals surface area contributed by atoms with E-state index in [4.69, 9.17) is 4.98 Å². The van der Waals surface area contributed by atoms with E-state index in [0.29, 0.717) is 5.56 Å². The number of benzene rings is 1. The van der Waals surface area contributed by atoms with Crippen LogP contribution < -0.4 is 0 Å². The molecule has 5 nitrogen and oxygen atoms in total. The zero-order chi connectivity index (χ0) is 19.0. The molecule has 27 heavy (non-hydrogen) atoms. The van der Waals surface area contributed by atoms with Gasteiger partial charge in [0.15, 0.2) is 0 Å². The van der Waals surface area contributed by atoms with Gasteiger partial charge in [-0.05, 0) is 45.7 Å². The molecule has 5 heteroatoms. The van der Waals surface area contributed by atoms with Gasteiger partial charge in [0.25, 0.3) is 5.91 Å². The molecule has 1 aliphatic heterocycles. The Morgan fingerprint density at radius 2 is 1.85 bits per heavy atom. The lowest BCUT2D eigenvalue weighted by Gasteiger charge is -2.26. The van der Waals surface area contributed by atoms with Gasteiger partial charge in [-0.25, -0.2) is 0 Å². The van der Waals surface area contributed by atoms with Gasteiger partial charge in [-0.2, -0.15) is 5.10 Å². The van der Waals surface area contributed by atoms with Crippen LogP contribution in [0.25, 0.3) is 11.3 Å². The maximum atomic E-state index is 13.3. The van der Waals surface area contributed by atoms with Crippen molar-refractivity contribution >= 4 is 5.91 Å². The van der Waals surface area contributed by atoms with E-state index < -0.39 is 0 Å². The average Bonchev–Trinajstić information content (AvgIpc) is 3.28. The van der Waals surface area contributed by atoms with Gasteiger partial charge in [-0.15, -0.1) is 0 Å². The lowest BCUT2D eigenvalue weighted by molar-refractivity contribution is 0.0734. The van der Waals surface area contributed by atoms with Gasteiger partial charge in [0.2, 0.25) is 0 Å². The van der Waals surface area contributed by atoms with Crippen molar-refractivity contribution in [1.29, 1.82) is 0 Å². The van der Waals surface area contributed by atoms with E-state index in [1.54, 1.807) is 0 Å². The lowest BCUT2D eigenvalue weighted by atomic mass is 10.0. The number of aromatic nitrogens is 3. The first-order chi connectivity index (χ1) is 13.1. The molecule has 1 atom stereocenters. The second-order valence-corrected chi connectivity index (χ2v) is 7.20. The van der Waals surface area contributed by atoms with Crippen LogP contribution in [0.15, 0.2) is 42.5 Å². The highest BCUT2D eigenvalue weighted by atomic mass is 16.2. The van der Waals surface area contributed by atoms with Crippen molar-refractivity contribution in [2.75, 3.05) is 6.54 Å². The summed E-state index contributed by atoms with van der Waals surface area (Å²) in [5, 5.41) is 7.36. The Kier molecular flexibility index (Phi) is 4.52. The summed E-state index contributed by atoms with van der Waals surface area (Å²) < 4.78 is 0. The molecule has 2 aromatic heterocycles. The van der Waals surface area contributed by atoms with Crippen LogP contribution in [-0.4, -0.2) is 32.5 Å². The Bertz CT molecular complexity index is 958. The average molecular weight is 360 g/mol. The fraction of sp³-hybridized carbons (Fsp3) is 0.318. The molecule has 3 aromatic rings. The highest BCUT2D eigenvalue weighted by molar-refractivity contribution is 5.96. The molecule has 0 saturated carbocycles. The van der Waals surface area contributed by atoms with E-state index in [1.165, 1.54) is 0 Å². The highest BCUT2D eigenvalue weighted by Gasteiger charge is 2.34. The summed E-state index contributed by atoms with van der Waals surface area (Å²) >= 11 is 0. The number of nitrogens with one attached hydrogen (secondary N) is 1. The van der Waals surface area contributed by atoms with Gasteiger partial charge in [0.1, 0.15) is 0 Å². The number of rotatable bonds is 3. The molecule has 1 N–H and O–H groups in total. The number of hydrogen-bond donors (Lipinski definition) is 1. The Balaban J connectivity index is 1.64. The van der Waals surface area contributed by atoms with Crippen LogP contribution in [-0.2, 0) is 0 Å². The molecule has 1 aliphatic rings. The molecule has 1 amide bonds. The molecular formula is C22H24N4O. The van der Waals surface area contributed by atoms with Crippen molar-refractivity contribution in [3.63, 3.8) is 0 Å². The van der Waals surface area contributed by atoms with Crippen LogP contribution in [0.4, 0.5) is 0 Å². The summed E-state index contributed by atoms with van der Waals surface area (Å²) in [6, 6.07) is 14.0. The predicted molar refractivity (Wildman–Crippen MR) is 105 cm³/mol. The van der Waals surface area contributed by atoms with E-state index in [9.17, 15) is 4.79 Å². The van der Waals surface area contributed by atoms with Crippen LogP contribution in [0.2, 0.25) is 0 Å². The molecule has 0 spiro atoms. The van der Waals surface area contributed by atoms with Gasteiger partial charge in [0, 0.05) is 23.4 Å². The molecule has 138 valence electrons. The predicted octanol–water partition coefficient (Wildman–Crippen LogP) is 4.37. The summed E-state index contributed by atoms with van der Waals surface area (Å²) in [4.78, 5) is 20.0. The summed E-state index contributed by atoms with van der Waals surface area (Å²) in [5.41, 5.74) is 6.59. The third kappa shape index (κ3) is 3.14. The molecule has 1 aromatic carbocycles. The van der Waals surface area contributed by atoms with Crippen molar-refractivity contribution in [2.45, 2.75) is 39.7 Å². The highest BCUT2D eigenvalue weighted by Crippen LogP contribution is 2.36. The third-order valence-corrected chi connectivity index (χ3v) is 5.42. The molecular weight excluding hydrogens is 336 g/mol. The molecule has 0 radical (unpaired) electrons. The normalized spacial score (nSPS) is 16.7. The topological polar surface area (TPSA) is 61.9 Å². The van der Waals surface area contributed by atoms with Gasteiger partial charge in [0.05, 0.1) is 28.7 Å². The fourth-order valence-electron chi connectivity index (χ4n) is 4.07. The molecule has 0 bridgehead atoms. The maximum Gasteiger partial charge on any atom is 0.256 e. The minimum absolute atomic E-state index is 0.0575. The van der Waals surface area contributed by atoms with Crippen molar-refractivity contribution < 1.29 is 4.79 Å². The standard InChI is InChI=1S/C22H24N4O/c1-14-18(11-12-19(23-14)17-8-5-4-6-9-17)22(27)26-13-7-10-20(26)21-15(2)24-25-16(21)3/h4-6,8-9,11-12,20H,7,10,13H2,1-3H3,(H,24,25)/t20-/m1/s1. The van der Waals surface area contributed by atoms with Crippen LogP contribution >= 0.6 is 0 Å². The van der Waals surface area contributed by atoms with Gasteiger partial charge >= 0.3 is 0 Å². The summed E-state index contributed by atoms with van der Waals surface area (Å²) in [6.45, 7) is 6.71. The Hall–Kier alpha value is -2.95. The van der Waals surface area contributed by atoms with Gasteiger partial charge in [-0.1, -0.05) is 30.3 Å². The van der Waals surface area contributed by atoms with E-state index >= 15 is 0 Å². The lowest BCUT2D eigenvalue weighted by Crippen LogP contribution is -2.31. The number of hydrogen-bond acceptors (Lipinski definition) is 3. The maximum absolute atomic E-state index is 13.3. The first-order valence-corrected chi connectivity index (χ1v) is 9.41. The number of amides is 1. The largest absolute Gasteiger partial charge is 0.331 e. The smallest absolute Gasteiger partial charge is 0.256 e. The van der Waals surface area contributed by atoms with Gasteiger partial charge in [-0.3, -0.25) is 14.9 Å². The van der Waals surface area contributed by atoms with E-state index in [1.807, 2.05) is 68.1 Å². The number of pyridine rings is 1. The number of carbonyl (C=O) groups is 1. The molecule has 0 aliphatic carbocycles. The minimum Gasteiger partial charge on any atom is -0.331 e. The first-order valence-electron chi connectivity index (χ1n) is 9.41. The minimum atomic E-state index is 0.0575. The van der Waals surface area contributed by atoms with Gasteiger partial charge < -0.3 is 4.90 Å². The van der Waals surface area contributed by atoms with Crippen LogP contribution in [0, 0.1) is 20.8 Å². The number of aryl methyl sites for hydroxylation is 3. The van der Waals surface area contributed by atoms with E-state index in [0.717, 1.165) is 53.3 Å². The summed E-state index contributed by atoms with van der Waals surface area (Å²) in [5.74, 6) is 0.0575. The first kappa shape index (κ1) is 17.5.